The molecule has 5 nitrogen and oxygen atoms in total. The lowest BCUT2D eigenvalue weighted by molar-refractivity contribution is -0.114. The first-order valence-corrected chi connectivity index (χ1v) is 9.17. The first-order chi connectivity index (χ1) is 9.49. The number of carbonyl (C=O) groups excluding carboxylic acids is 2. The molecular weight excluding hydrogens is 415 g/mol. The second kappa shape index (κ2) is 8.34. The third-order valence-electron chi connectivity index (χ3n) is 1.96. The summed E-state index contributed by atoms with van der Waals surface area (Å²) in [5.41, 5.74) is 0.593. The van der Waals surface area contributed by atoms with Gasteiger partial charge < -0.3 is 10.1 Å². The normalized spacial score (nSPS) is 9.40. The Labute approximate surface area is 137 Å². The van der Waals surface area contributed by atoms with Gasteiger partial charge in [-0.1, -0.05) is 11.6 Å². The van der Waals surface area contributed by atoms with Gasteiger partial charge in [-0.05, 0) is 33.1 Å². The largest absolute Gasteiger partial charge is 0.461 e. The first-order valence-electron chi connectivity index (χ1n) is 5.43. The summed E-state index contributed by atoms with van der Waals surface area (Å²) in [6, 6.07) is 1.43. The summed E-state index contributed by atoms with van der Waals surface area (Å²) in [6.45, 7) is 3.26. The molecule has 0 spiro atoms. The summed E-state index contributed by atoms with van der Waals surface area (Å²) >= 11 is 7.98. The van der Waals surface area contributed by atoms with E-state index in [0.29, 0.717) is 5.69 Å². The molecule has 1 heterocycles. The molecule has 0 aliphatic carbocycles. The molecule has 0 aromatic carbocycles. The minimum Gasteiger partial charge on any atom is -0.461 e. The Morgan fingerprint density at radius 1 is 1.60 bits per heavy atom. The fourth-order valence-electron chi connectivity index (χ4n) is 1.28. The summed E-state index contributed by atoms with van der Waals surface area (Å²) in [5.74, 6) is 1.84. The van der Waals surface area contributed by atoms with Gasteiger partial charge in [0.05, 0.1) is 17.3 Å². The van der Waals surface area contributed by atoms with Crippen LogP contribution in [0.25, 0.3) is 0 Å². The van der Waals surface area contributed by atoms with Gasteiger partial charge in [-0.3, -0.25) is 4.79 Å². The molecular formula is C12H10ClIN2O3S. The van der Waals surface area contributed by atoms with E-state index in [1.807, 2.05) is 21.2 Å². The molecule has 1 N–H and O–H groups in total. The van der Waals surface area contributed by atoms with Gasteiger partial charge in [0.1, 0.15) is 5.69 Å². The van der Waals surface area contributed by atoms with E-state index in [4.69, 9.17) is 16.3 Å². The predicted octanol–water partition coefficient (Wildman–Crippen LogP) is 3.26. The minimum absolute atomic E-state index is 0.0228. The third-order valence-corrected chi connectivity index (χ3v) is 3.09. The van der Waals surface area contributed by atoms with Crippen LogP contribution in [-0.2, 0) is 9.53 Å². The maximum atomic E-state index is 11.7. The summed E-state index contributed by atoms with van der Waals surface area (Å²) < 4.78 is 4.86. The van der Waals surface area contributed by atoms with E-state index in [-0.39, 0.29) is 28.9 Å². The molecule has 8 heteroatoms. The molecule has 1 aromatic rings. The molecule has 0 bridgehead atoms. The number of pyridine rings is 1. The Bertz CT molecular complexity index is 598. The number of anilines is 1. The molecule has 0 saturated heterocycles. The molecule has 0 aliphatic rings. The second-order valence-corrected chi connectivity index (χ2v) is 5.51. The summed E-state index contributed by atoms with van der Waals surface area (Å²) in [5, 5.41) is 5.41. The van der Waals surface area contributed by atoms with Crippen molar-refractivity contribution >= 4 is 59.3 Å². The lowest BCUT2D eigenvalue weighted by Gasteiger charge is -2.09. The second-order valence-electron chi connectivity index (χ2n) is 3.42. The number of ether oxygens (including phenoxy) is 1. The van der Waals surface area contributed by atoms with Gasteiger partial charge >= 0.3 is 5.97 Å². The number of nitrogens with zero attached hydrogens (tertiary/aromatic N) is 1. The summed E-state index contributed by atoms with van der Waals surface area (Å²) in [6.07, 6.45) is 0. The van der Waals surface area contributed by atoms with Crippen LogP contribution in [0, 0.1) is 11.2 Å². The number of rotatable bonds is 3. The van der Waals surface area contributed by atoms with Crippen molar-refractivity contribution in [3.05, 3.63) is 22.5 Å². The molecule has 106 valence electrons. The number of hydrogen-bond acceptors (Lipinski definition) is 5. The van der Waals surface area contributed by atoms with Crippen molar-refractivity contribution in [2.24, 2.45) is 0 Å². The van der Waals surface area contributed by atoms with Crippen LogP contribution in [0.1, 0.15) is 30.0 Å². The number of hydrogen-bond donors (Lipinski definition) is 1. The minimum atomic E-state index is -0.628. The number of carbonyl (C=O) groups is 2. The van der Waals surface area contributed by atoms with E-state index in [1.54, 1.807) is 6.92 Å². The highest BCUT2D eigenvalue weighted by molar-refractivity contribution is 14.2. The highest BCUT2D eigenvalue weighted by Crippen LogP contribution is 2.23. The van der Waals surface area contributed by atoms with Crippen LogP contribution in [0.15, 0.2) is 6.07 Å². The predicted molar refractivity (Wildman–Crippen MR) is 88.0 cm³/mol. The quantitative estimate of drug-likeness (QED) is 0.458. The van der Waals surface area contributed by atoms with E-state index in [9.17, 15) is 9.59 Å². The van der Waals surface area contributed by atoms with Gasteiger partial charge in [0, 0.05) is 28.1 Å². The van der Waals surface area contributed by atoms with Crippen LogP contribution in [0.5, 0.6) is 0 Å². The molecule has 1 aromatic heterocycles. The lowest BCUT2D eigenvalue weighted by atomic mass is 10.2. The van der Waals surface area contributed by atoms with E-state index in [2.05, 4.69) is 21.5 Å². The van der Waals surface area contributed by atoms with Crippen molar-refractivity contribution in [2.45, 2.75) is 13.8 Å². The highest BCUT2D eigenvalue weighted by Gasteiger charge is 2.17. The van der Waals surface area contributed by atoms with E-state index in [0.717, 1.165) is 0 Å². The number of esters is 1. The SMILES string of the molecule is CCOC(=O)c1nc(C#CSI)c(NC(C)=O)cc1Cl. The molecule has 0 aliphatic heterocycles. The Kier molecular flexibility index (Phi) is 7.12. The molecule has 0 radical (unpaired) electrons. The summed E-state index contributed by atoms with van der Waals surface area (Å²) in [4.78, 5) is 26.9. The Balaban J connectivity index is 3.31. The molecule has 0 atom stereocenters. The zero-order chi connectivity index (χ0) is 15.1. The lowest BCUT2D eigenvalue weighted by Crippen LogP contribution is -2.13. The van der Waals surface area contributed by atoms with Crippen molar-refractivity contribution in [3.63, 3.8) is 0 Å². The number of aromatic nitrogens is 1. The molecule has 1 amide bonds. The van der Waals surface area contributed by atoms with Crippen LogP contribution in [0.3, 0.4) is 0 Å². The molecule has 0 unspecified atom stereocenters. The maximum absolute atomic E-state index is 11.7. The summed E-state index contributed by atoms with van der Waals surface area (Å²) in [7, 11) is 1.26. The van der Waals surface area contributed by atoms with E-state index >= 15 is 0 Å². The van der Waals surface area contributed by atoms with Crippen molar-refractivity contribution in [2.75, 3.05) is 11.9 Å². The van der Waals surface area contributed by atoms with Gasteiger partial charge in [0.25, 0.3) is 0 Å². The van der Waals surface area contributed by atoms with Crippen LogP contribution in [0.4, 0.5) is 5.69 Å². The standard InChI is InChI=1S/C12H10ClIN2O3S/c1-3-19-12(18)11-8(13)6-10(15-7(2)17)9(16-11)4-5-20-14/h6H,3H2,1-2H3,(H,15,17). The Hall–Kier alpha value is -0.980. The Morgan fingerprint density at radius 3 is 2.85 bits per heavy atom. The smallest absolute Gasteiger partial charge is 0.358 e. The van der Waals surface area contributed by atoms with Crippen LogP contribution < -0.4 is 5.32 Å². The molecule has 0 saturated carbocycles. The average molecular weight is 425 g/mol. The first kappa shape index (κ1) is 17.1. The van der Waals surface area contributed by atoms with Crippen molar-refractivity contribution in [1.82, 2.24) is 4.98 Å². The average Bonchev–Trinajstić information content (AvgIpc) is 2.37. The zero-order valence-electron chi connectivity index (χ0n) is 10.6. The fourth-order valence-corrected chi connectivity index (χ4v) is 1.97. The Morgan fingerprint density at radius 2 is 2.30 bits per heavy atom. The molecule has 1 rings (SSSR count). The van der Waals surface area contributed by atoms with Gasteiger partial charge in [0.2, 0.25) is 5.91 Å². The third kappa shape index (κ3) is 4.85. The molecule has 0 fully saturated rings. The van der Waals surface area contributed by atoms with Gasteiger partial charge in [-0.25, -0.2) is 9.78 Å². The number of halogens is 2. The topological polar surface area (TPSA) is 68.3 Å². The molecule has 20 heavy (non-hydrogen) atoms. The monoisotopic (exact) mass is 424 g/mol. The zero-order valence-corrected chi connectivity index (χ0v) is 14.4. The highest BCUT2D eigenvalue weighted by atomic mass is 127. The van der Waals surface area contributed by atoms with Gasteiger partial charge in [-0.2, -0.15) is 0 Å². The number of nitrogens with one attached hydrogen (secondary N) is 1. The van der Waals surface area contributed by atoms with Gasteiger partial charge in [-0.15, -0.1) is 0 Å². The number of amides is 1. The van der Waals surface area contributed by atoms with Crippen molar-refractivity contribution < 1.29 is 14.3 Å². The van der Waals surface area contributed by atoms with Crippen LogP contribution in [0.2, 0.25) is 5.02 Å². The van der Waals surface area contributed by atoms with Gasteiger partial charge in [0.15, 0.2) is 5.69 Å². The maximum Gasteiger partial charge on any atom is 0.358 e. The fraction of sp³-hybridized carbons (Fsp3) is 0.250. The van der Waals surface area contributed by atoms with Crippen molar-refractivity contribution in [3.8, 4) is 11.2 Å². The van der Waals surface area contributed by atoms with E-state index in [1.165, 1.54) is 21.9 Å². The van der Waals surface area contributed by atoms with Crippen molar-refractivity contribution in [1.29, 1.82) is 0 Å². The van der Waals surface area contributed by atoms with Crippen LogP contribution >= 0.6 is 41.7 Å². The van der Waals surface area contributed by atoms with Crippen LogP contribution in [-0.4, -0.2) is 23.5 Å². The van der Waals surface area contributed by atoms with E-state index < -0.39 is 5.97 Å².